The summed E-state index contributed by atoms with van der Waals surface area (Å²) in [5, 5.41) is 8.84. The van der Waals surface area contributed by atoms with Gasteiger partial charge in [-0.2, -0.15) is 0 Å². The molecule has 0 atom stereocenters. The van der Waals surface area contributed by atoms with E-state index in [4.69, 9.17) is 5.11 Å². The second kappa shape index (κ2) is 4.57. The highest BCUT2D eigenvalue weighted by atomic mass is 16.3. The van der Waals surface area contributed by atoms with Gasteiger partial charge in [0.05, 0.1) is 6.33 Å². The van der Waals surface area contributed by atoms with Crippen LogP contribution in [0.3, 0.4) is 0 Å². The van der Waals surface area contributed by atoms with Gasteiger partial charge in [-0.05, 0) is 13.0 Å². The number of rotatable bonds is 5. The molecule has 0 saturated carbocycles. The van der Waals surface area contributed by atoms with Gasteiger partial charge < -0.3 is 14.6 Å². The van der Waals surface area contributed by atoms with E-state index in [0.717, 1.165) is 32.6 Å². The highest BCUT2D eigenvalue weighted by Gasteiger charge is 2.24. The van der Waals surface area contributed by atoms with Crippen molar-refractivity contribution in [3.63, 3.8) is 0 Å². The van der Waals surface area contributed by atoms with Gasteiger partial charge in [-0.25, -0.2) is 4.98 Å². The van der Waals surface area contributed by atoms with Crippen LogP contribution >= 0.6 is 0 Å². The summed E-state index contributed by atoms with van der Waals surface area (Å²) in [6.45, 7) is 4.66. The fourth-order valence-corrected chi connectivity index (χ4v) is 1.87. The van der Waals surface area contributed by atoms with Crippen molar-refractivity contribution in [2.24, 2.45) is 5.92 Å². The molecule has 0 spiro atoms. The number of aryl methyl sites for hydroxylation is 1. The molecule has 0 aromatic carbocycles. The van der Waals surface area contributed by atoms with E-state index in [-0.39, 0.29) is 0 Å². The summed E-state index contributed by atoms with van der Waals surface area (Å²) in [4.78, 5) is 6.38. The first-order valence-corrected chi connectivity index (χ1v) is 5.17. The number of hydrogen-bond acceptors (Lipinski definition) is 3. The van der Waals surface area contributed by atoms with Gasteiger partial charge in [-0.15, -0.1) is 0 Å². The predicted octanol–water partition coefficient (Wildman–Crippen LogP) is 0.197. The van der Waals surface area contributed by atoms with Crippen LogP contribution in [-0.4, -0.2) is 45.8 Å². The lowest BCUT2D eigenvalue weighted by atomic mass is 10.0. The standard InChI is InChI=1S/C10H17N3O/c14-8-10-6-13(7-10)4-1-3-12-5-2-11-9-12/h2,5,9-10,14H,1,3-4,6-8H2. The van der Waals surface area contributed by atoms with Gasteiger partial charge >= 0.3 is 0 Å². The van der Waals surface area contributed by atoms with Crippen LogP contribution in [0, 0.1) is 5.92 Å². The molecule has 1 fully saturated rings. The first-order chi connectivity index (χ1) is 6.88. The van der Waals surface area contributed by atoms with Crippen LogP contribution in [0.5, 0.6) is 0 Å². The highest BCUT2D eigenvalue weighted by Crippen LogP contribution is 2.14. The van der Waals surface area contributed by atoms with E-state index in [1.807, 2.05) is 18.7 Å². The normalized spacial score (nSPS) is 18.4. The van der Waals surface area contributed by atoms with Crippen molar-refractivity contribution >= 4 is 0 Å². The molecule has 1 saturated heterocycles. The van der Waals surface area contributed by atoms with E-state index >= 15 is 0 Å². The number of aliphatic hydroxyl groups excluding tert-OH is 1. The lowest BCUT2D eigenvalue weighted by molar-refractivity contribution is 0.0524. The smallest absolute Gasteiger partial charge is 0.0945 e. The zero-order valence-electron chi connectivity index (χ0n) is 8.34. The van der Waals surface area contributed by atoms with Crippen molar-refractivity contribution < 1.29 is 5.11 Å². The molecule has 0 radical (unpaired) electrons. The van der Waals surface area contributed by atoms with Crippen molar-refractivity contribution in [3.8, 4) is 0 Å². The molecule has 0 amide bonds. The highest BCUT2D eigenvalue weighted by molar-refractivity contribution is 4.79. The second-order valence-electron chi connectivity index (χ2n) is 3.96. The third-order valence-electron chi connectivity index (χ3n) is 2.74. The molecule has 1 aliphatic heterocycles. The third-order valence-corrected chi connectivity index (χ3v) is 2.74. The molecule has 4 heteroatoms. The van der Waals surface area contributed by atoms with Gasteiger partial charge in [-0.1, -0.05) is 0 Å². The molecule has 2 rings (SSSR count). The van der Waals surface area contributed by atoms with Crippen molar-refractivity contribution in [1.82, 2.24) is 14.5 Å². The predicted molar refractivity (Wildman–Crippen MR) is 53.9 cm³/mol. The Labute approximate surface area is 84.2 Å². The molecular weight excluding hydrogens is 178 g/mol. The third kappa shape index (κ3) is 2.33. The van der Waals surface area contributed by atoms with Gasteiger partial charge in [0.2, 0.25) is 0 Å². The van der Waals surface area contributed by atoms with E-state index in [0.29, 0.717) is 12.5 Å². The molecular formula is C10H17N3O. The lowest BCUT2D eigenvalue weighted by Gasteiger charge is -2.38. The van der Waals surface area contributed by atoms with Crippen LogP contribution in [0.4, 0.5) is 0 Å². The topological polar surface area (TPSA) is 41.3 Å². The minimum Gasteiger partial charge on any atom is -0.396 e. The van der Waals surface area contributed by atoms with Crippen molar-refractivity contribution in [1.29, 1.82) is 0 Å². The summed E-state index contributed by atoms with van der Waals surface area (Å²) >= 11 is 0. The van der Waals surface area contributed by atoms with Crippen molar-refractivity contribution in [2.75, 3.05) is 26.2 Å². The van der Waals surface area contributed by atoms with Crippen LogP contribution in [0.2, 0.25) is 0 Å². The van der Waals surface area contributed by atoms with E-state index in [2.05, 4.69) is 14.5 Å². The second-order valence-corrected chi connectivity index (χ2v) is 3.96. The molecule has 1 aliphatic rings. The molecule has 1 aromatic rings. The Balaban J connectivity index is 1.56. The van der Waals surface area contributed by atoms with Crippen LogP contribution in [0.25, 0.3) is 0 Å². The number of hydrogen-bond donors (Lipinski definition) is 1. The summed E-state index contributed by atoms with van der Waals surface area (Å²) in [7, 11) is 0. The minimum absolute atomic E-state index is 0.345. The molecule has 1 N–H and O–H groups in total. The molecule has 1 aromatic heterocycles. The van der Waals surface area contributed by atoms with E-state index < -0.39 is 0 Å². The van der Waals surface area contributed by atoms with E-state index in [9.17, 15) is 0 Å². The fourth-order valence-electron chi connectivity index (χ4n) is 1.87. The summed E-state index contributed by atoms with van der Waals surface area (Å²) in [6, 6.07) is 0. The maximum Gasteiger partial charge on any atom is 0.0945 e. The minimum atomic E-state index is 0.345. The Morgan fingerprint density at radius 3 is 2.86 bits per heavy atom. The maximum atomic E-state index is 8.84. The molecule has 14 heavy (non-hydrogen) atoms. The van der Waals surface area contributed by atoms with Crippen LogP contribution < -0.4 is 0 Å². The van der Waals surface area contributed by atoms with Crippen molar-refractivity contribution in [3.05, 3.63) is 18.7 Å². The summed E-state index contributed by atoms with van der Waals surface area (Å²) in [5.41, 5.74) is 0. The van der Waals surface area contributed by atoms with Gasteiger partial charge in [0.15, 0.2) is 0 Å². The van der Waals surface area contributed by atoms with E-state index in [1.54, 1.807) is 0 Å². The fraction of sp³-hybridized carbons (Fsp3) is 0.700. The Morgan fingerprint density at radius 2 is 2.21 bits per heavy atom. The molecule has 0 unspecified atom stereocenters. The quantitative estimate of drug-likeness (QED) is 0.729. The van der Waals surface area contributed by atoms with Gasteiger partial charge in [0.1, 0.15) is 0 Å². The number of likely N-dealkylation sites (tertiary alicyclic amines) is 1. The summed E-state index contributed by atoms with van der Waals surface area (Å²) < 4.78 is 2.10. The maximum absolute atomic E-state index is 8.84. The molecule has 4 nitrogen and oxygen atoms in total. The first kappa shape index (κ1) is 9.68. The van der Waals surface area contributed by atoms with Gasteiger partial charge in [0.25, 0.3) is 0 Å². The zero-order valence-corrected chi connectivity index (χ0v) is 8.34. The number of imidazole rings is 1. The largest absolute Gasteiger partial charge is 0.396 e. The molecule has 0 aliphatic carbocycles. The number of aromatic nitrogens is 2. The SMILES string of the molecule is OCC1CN(CCCn2ccnc2)C1. The van der Waals surface area contributed by atoms with E-state index in [1.165, 1.54) is 0 Å². The summed E-state index contributed by atoms with van der Waals surface area (Å²) in [5.74, 6) is 0.531. The van der Waals surface area contributed by atoms with Crippen LogP contribution in [0.15, 0.2) is 18.7 Å². The Bertz CT molecular complexity index is 254. The molecule has 78 valence electrons. The monoisotopic (exact) mass is 195 g/mol. The lowest BCUT2D eigenvalue weighted by Crippen LogP contribution is -2.48. The Hall–Kier alpha value is -0.870. The van der Waals surface area contributed by atoms with Gasteiger partial charge in [0, 0.05) is 44.6 Å². The average molecular weight is 195 g/mol. The van der Waals surface area contributed by atoms with Crippen LogP contribution in [0.1, 0.15) is 6.42 Å². The Morgan fingerprint density at radius 1 is 1.36 bits per heavy atom. The first-order valence-electron chi connectivity index (χ1n) is 5.17. The number of aliphatic hydroxyl groups is 1. The zero-order chi connectivity index (χ0) is 9.80. The summed E-state index contributed by atoms with van der Waals surface area (Å²) in [6.07, 6.45) is 6.82. The van der Waals surface area contributed by atoms with Gasteiger partial charge in [-0.3, -0.25) is 0 Å². The van der Waals surface area contributed by atoms with Crippen molar-refractivity contribution in [2.45, 2.75) is 13.0 Å². The molecule has 0 bridgehead atoms. The number of nitrogens with zero attached hydrogens (tertiary/aromatic N) is 3. The van der Waals surface area contributed by atoms with Crippen LogP contribution in [-0.2, 0) is 6.54 Å². The molecule has 2 heterocycles. The Kier molecular flexibility index (Phi) is 3.16. The average Bonchev–Trinajstić information content (AvgIpc) is 2.61.